The molecular weight excluding hydrogens is 290 g/mol. The summed E-state index contributed by atoms with van der Waals surface area (Å²) in [6, 6.07) is 2.64. The van der Waals surface area contributed by atoms with Crippen LogP contribution >= 0.6 is 0 Å². The number of likely N-dealkylation sites (N-methyl/N-ethyl adjacent to an activating group) is 1. The fourth-order valence-corrected chi connectivity index (χ4v) is 2.42. The zero-order valence-corrected chi connectivity index (χ0v) is 12.1. The Morgan fingerprint density at radius 3 is 2.55 bits per heavy atom. The molecule has 1 fully saturated rings. The molecule has 1 aliphatic rings. The minimum Gasteiger partial charge on any atom is -0.368 e. The van der Waals surface area contributed by atoms with E-state index in [-0.39, 0.29) is 17.2 Å². The highest BCUT2D eigenvalue weighted by Gasteiger charge is 2.20. The Bertz CT molecular complexity index is 665. The average Bonchev–Trinajstić information content (AvgIpc) is 2.47. The molecular formula is C14H16F2N6. The van der Waals surface area contributed by atoms with Crippen LogP contribution in [-0.2, 0) is 0 Å². The second-order valence-electron chi connectivity index (χ2n) is 5.22. The van der Waals surface area contributed by atoms with E-state index in [1.807, 2.05) is 11.9 Å². The highest BCUT2D eigenvalue weighted by molar-refractivity contribution is 5.64. The van der Waals surface area contributed by atoms with Crippen molar-refractivity contribution in [2.24, 2.45) is 0 Å². The molecule has 2 aromatic heterocycles. The Morgan fingerprint density at radius 2 is 1.86 bits per heavy atom. The first kappa shape index (κ1) is 14.6. The fourth-order valence-electron chi connectivity index (χ4n) is 2.42. The summed E-state index contributed by atoms with van der Waals surface area (Å²) in [5.74, 6) is -1.09. The normalized spacial score (nSPS) is 16.0. The molecule has 0 saturated carbocycles. The van der Waals surface area contributed by atoms with Crippen LogP contribution in [0.5, 0.6) is 0 Å². The molecule has 0 amide bonds. The molecule has 0 aliphatic carbocycles. The molecule has 0 unspecified atom stereocenters. The summed E-state index contributed by atoms with van der Waals surface area (Å²) in [4.78, 5) is 15.8. The number of nitrogen functional groups attached to an aromatic ring is 1. The van der Waals surface area contributed by atoms with Gasteiger partial charge in [-0.1, -0.05) is 0 Å². The van der Waals surface area contributed by atoms with Crippen LogP contribution in [0.3, 0.4) is 0 Å². The van der Waals surface area contributed by atoms with Gasteiger partial charge in [0.05, 0.1) is 11.3 Å². The molecule has 0 atom stereocenters. The molecule has 6 nitrogen and oxygen atoms in total. The first-order chi connectivity index (χ1) is 10.5. The topological polar surface area (TPSA) is 71.2 Å². The number of hydrogen-bond acceptors (Lipinski definition) is 6. The molecule has 1 aliphatic heterocycles. The Morgan fingerprint density at radius 1 is 1.14 bits per heavy atom. The standard InChI is InChI=1S/C14H16F2N6/c1-21-4-6-22(7-5-21)11-8-10(19-14(17)20-11)12-9(15)2-3-18-13(12)16/h2-3,8H,4-7H2,1H3,(H2,17,19,20). The first-order valence-electron chi connectivity index (χ1n) is 6.93. The van der Waals surface area contributed by atoms with Crippen molar-refractivity contribution in [2.45, 2.75) is 0 Å². The fraction of sp³-hybridized carbons (Fsp3) is 0.357. The van der Waals surface area contributed by atoms with Gasteiger partial charge in [0, 0.05) is 38.4 Å². The Balaban J connectivity index is 2.00. The maximum atomic E-state index is 13.9. The highest BCUT2D eigenvalue weighted by Crippen LogP contribution is 2.26. The molecule has 1 saturated heterocycles. The summed E-state index contributed by atoms with van der Waals surface area (Å²) in [5, 5.41) is 0. The second-order valence-corrected chi connectivity index (χ2v) is 5.22. The van der Waals surface area contributed by atoms with Crippen LogP contribution in [0, 0.1) is 11.8 Å². The van der Waals surface area contributed by atoms with Crippen LogP contribution in [0.4, 0.5) is 20.5 Å². The monoisotopic (exact) mass is 306 g/mol. The zero-order valence-electron chi connectivity index (χ0n) is 12.1. The number of nitrogens with two attached hydrogens (primary N) is 1. The molecule has 116 valence electrons. The van der Waals surface area contributed by atoms with Gasteiger partial charge in [-0.05, 0) is 13.1 Å². The number of rotatable bonds is 2. The van der Waals surface area contributed by atoms with Crippen molar-refractivity contribution in [2.75, 3.05) is 43.9 Å². The van der Waals surface area contributed by atoms with Crippen molar-refractivity contribution in [3.63, 3.8) is 0 Å². The smallest absolute Gasteiger partial charge is 0.225 e. The van der Waals surface area contributed by atoms with E-state index in [9.17, 15) is 8.78 Å². The van der Waals surface area contributed by atoms with Crippen molar-refractivity contribution < 1.29 is 8.78 Å². The summed E-state index contributed by atoms with van der Waals surface area (Å²) in [5.41, 5.74) is 5.52. The van der Waals surface area contributed by atoms with E-state index in [0.717, 1.165) is 38.4 Å². The van der Waals surface area contributed by atoms with Crippen LogP contribution < -0.4 is 10.6 Å². The zero-order chi connectivity index (χ0) is 15.7. The second kappa shape index (κ2) is 5.80. The summed E-state index contributed by atoms with van der Waals surface area (Å²) >= 11 is 0. The van der Waals surface area contributed by atoms with Gasteiger partial charge in [-0.2, -0.15) is 9.37 Å². The van der Waals surface area contributed by atoms with E-state index in [4.69, 9.17) is 5.73 Å². The van der Waals surface area contributed by atoms with Gasteiger partial charge in [0.1, 0.15) is 11.6 Å². The van der Waals surface area contributed by atoms with E-state index in [1.54, 1.807) is 6.07 Å². The molecule has 3 rings (SSSR count). The van der Waals surface area contributed by atoms with Crippen LogP contribution in [0.15, 0.2) is 18.3 Å². The lowest BCUT2D eigenvalue weighted by molar-refractivity contribution is 0.312. The minimum atomic E-state index is -0.914. The first-order valence-corrected chi connectivity index (χ1v) is 6.93. The number of hydrogen-bond donors (Lipinski definition) is 1. The van der Waals surface area contributed by atoms with Gasteiger partial charge in [0.25, 0.3) is 0 Å². The molecule has 0 aromatic carbocycles. The van der Waals surface area contributed by atoms with Crippen molar-refractivity contribution in [1.82, 2.24) is 19.9 Å². The number of aromatic nitrogens is 3. The van der Waals surface area contributed by atoms with Gasteiger partial charge in [-0.15, -0.1) is 0 Å². The SMILES string of the molecule is CN1CCN(c2cc(-c3c(F)ccnc3F)nc(N)n2)CC1. The molecule has 2 aromatic rings. The van der Waals surface area contributed by atoms with E-state index in [2.05, 4.69) is 19.9 Å². The molecule has 0 spiro atoms. The Hall–Kier alpha value is -2.35. The van der Waals surface area contributed by atoms with Crippen LogP contribution in [0.25, 0.3) is 11.3 Å². The van der Waals surface area contributed by atoms with Crippen molar-refractivity contribution in [1.29, 1.82) is 0 Å². The van der Waals surface area contributed by atoms with Crippen LogP contribution in [0.1, 0.15) is 0 Å². The van der Waals surface area contributed by atoms with Gasteiger partial charge >= 0.3 is 0 Å². The third-order valence-electron chi connectivity index (χ3n) is 3.67. The maximum Gasteiger partial charge on any atom is 0.225 e. The lowest BCUT2D eigenvalue weighted by Crippen LogP contribution is -2.44. The van der Waals surface area contributed by atoms with E-state index >= 15 is 0 Å². The van der Waals surface area contributed by atoms with Gasteiger partial charge in [-0.25, -0.2) is 14.4 Å². The summed E-state index contributed by atoms with van der Waals surface area (Å²) < 4.78 is 27.7. The lowest BCUT2D eigenvalue weighted by Gasteiger charge is -2.33. The number of nitrogens with zero attached hydrogens (tertiary/aromatic N) is 5. The quantitative estimate of drug-likeness (QED) is 0.839. The molecule has 3 heterocycles. The average molecular weight is 306 g/mol. The predicted octanol–water partition coefficient (Wildman–Crippen LogP) is 1.15. The molecule has 22 heavy (non-hydrogen) atoms. The summed E-state index contributed by atoms with van der Waals surface area (Å²) in [7, 11) is 2.04. The number of anilines is 2. The third kappa shape index (κ3) is 2.82. The lowest BCUT2D eigenvalue weighted by atomic mass is 10.1. The molecule has 2 N–H and O–H groups in total. The summed E-state index contributed by atoms with van der Waals surface area (Å²) in [6.07, 6.45) is 1.07. The number of piperazine rings is 1. The van der Waals surface area contributed by atoms with Crippen molar-refractivity contribution in [3.8, 4) is 11.3 Å². The third-order valence-corrected chi connectivity index (χ3v) is 3.67. The number of halogens is 2. The Kier molecular flexibility index (Phi) is 3.84. The molecule has 0 radical (unpaired) electrons. The van der Waals surface area contributed by atoms with Gasteiger partial charge in [0.2, 0.25) is 11.9 Å². The highest BCUT2D eigenvalue weighted by atomic mass is 19.1. The van der Waals surface area contributed by atoms with Crippen molar-refractivity contribution in [3.05, 3.63) is 30.1 Å². The van der Waals surface area contributed by atoms with E-state index < -0.39 is 11.8 Å². The maximum absolute atomic E-state index is 13.9. The van der Waals surface area contributed by atoms with Crippen LogP contribution in [0.2, 0.25) is 0 Å². The predicted molar refractivity (Wildman–Crippen MR) is 79.3 cm³/mol. The van der Waals surface area contributed by atoms with E-state index in [0.29, 0.717) is 5.82 Å². The van der Waals surface area contributed by atoms with Gasteiger partial charge in [-0.3, -0.25) is 0 Å². The molecule has 8 heteroatoms. The van der Waals surface area contributed by atoms with Gasteiger partial charge in [0.15, 0.2) is 0 Å². The van der Waals surface area contributed by atoms with Gasteiger partial charge < -0.3 is 15.5 Å². The largest absolute Gasteiger partial charge is 0.368 e. The molecule has 0 bridgehead atoms. The van der Waals surface area contributed by atoms with Crippen molar-refractivity contribution >= 4 is 11.8 Å². The van der Waals surface area contributed by atoms with E-state index in [1.165, 1.54) is 0 Å². The summed E-state index contributed by atoms with van der Waals surface area (Å²) in [6.45, 7) is 3.30. The minimum absolute atomic E-state index is 0.0194. The van der Waals surface area contributed by atoms with Crippen LogP contribution in [-0.4, -0.2) is 53.1 Å². The Labute approximate surface area is 126 Å². The number of pyridine rings is 1.